The number of fused-ring (bicyclic) bond motifs is 2. The Balaban J connectivity index is 1.49. The van der Waals surface area contributed by atoms with Crippen molar-refractivity contribution in [3.63, 3.8) is 0 Å². The van der Waals surface area contributed by atoms with Gasteiger partial charge in [0.1, 0.15) is 0 Å². The number of rotatable bonds is 8. The smallest absolute Gasteiger partial charge is 0.0961 e. The lowest BCUT2D eigenvalue weighted by Crippen LogP contribution is -2.13. The molecule has 2 aromatic heterocycles. The van der Waals surface area contributed by atoms with Crippen LogP contribution in [0.2, 0.25) is 0 Å². The monoisotopic (exact) mass is 432 g/mol. The molecule has 6 nitrogen and oxygen atoms in total. The van der Waals surface area contributed by atoms with Gasteiger partial charge in [0.25, 0.3) is 0 Å². The van der Waals surface area contributed by atoms with E-state index in [0.29, 0.717) is 6.61 Å². The van der Waals surface area contributed by atoms with Gasteiger partial charge in [-0.25, -0.2) is 4.98 Å². The number of aromatic nitrogens is 3. The molecule has 32 heavy (non-hydrogen) atoms. The first kappa shape index (κ1) is 21.2. The highest BCUT2D eigenvalue weighted by molar-refractivity contribution is 5.96. The molecule has 1 saturated heterocycles. The Labute approximate surface area is 189 Å². The minimum Gasteiger partial charge on any atom is -0.380 e. The molecule has 2 aromatic carbocycles. The van der Waals surface area contributed by atoms with Crippen molar-refractivity contribution < 1.29 is 9.47 Å². The minimum absolute atomic E-state index is 0.247. The van der Waals surface area contributed by atoms with Crippen molar-refractivity contribution in [2.75, 3.05) is 27.3 Å². The van der Waals surface area contributed by atoms with Crippen molar-refractivity contribution >= 4 is 21.9 Å². The number of nitrogens with zero attached hydrogens (tertiary/aromatic N) is 3. The predicted molar refractivity (Wildman–Crippen MR) is 128 cm³/mol. The molecule has 0 bridgehead atoms. The van der Waals surface area contributed by atoms with Crippen LogP contribution in [-0.4, -0.2) is 41.4 Å². The molecule has 1 aliphatic rings. The summed E-state index contributed by atoms with van der Waals surface area (Å²) in [5.74, 6) is 0. The van der Waals surface area contributed by atoms with Gasteiger partial charge in [0.05, 0.1) is 35.6 Å². The molecule has 1 N–H and O–H groups in total. The third-order valence-electron chi connectivity index (χ3n) is 6.59. The van der Waals surface area contributed by atoms with Crippen molar-refractivity contribution in [3.05, 3.63) is 65.1 Å². The van der Waals surface area contributed by atoms with Gasteiger partial charge in [-0.15, -0.1) is 0 Å². The molecule has 1 aliphatic heterocycles. The second-order valence-electron chi connectivity index (χ2n) is 8.82. The maximum atomic E-state index is 5.99. The molecule has 0 spiro atoms. The minimum atomic E-state index is 0.247. The van der Waals surface area contributed by atoms with Gasteiger partial charge in [-0.1, -0.05) is 18.2 Å². The van der Waals surface area contributed by atoms with Crippen LogP contribution in [0.15, 0.2) is 42.9 Å². The summed E-state index contributed by atoms with van der Waals surface area (Å²) < 4.78 is 15.8. The lowest BCUT2D eigenvalue weighted by Gasteiger charge is -2.17. The van der Waals surface area contributed by atoms with Crippen molar-refractivity contribution in [1.82, 2.24) is 19.4 Å². The van der Waals surface area contributed by atoms with Crippen LogP contribution in [0, 0.1) is 0 Å². The average Bonchev–Trinajstić information content (AvgIpc) is 3.53. The normalized spacial score (nSPS) is 16.5. The van der Waals surface area contributed by atoms with E-state index in [1.54, 1.807) is 7.11 Å². The number of hydrogen-bond acceptors (Lipinski definition) is 4. The van der Waals surface area contributed by atoms with E-state index >= 15 is 0 Å². The van der Waals surface area contributed by atoms with E-state index in [1.807, 2.05) is 13.4 Å². The Bertz CT molecular complexity index is 1230. The van der Waals surface area contributed by atoms with E-state index in [0.717, 1.165) is 50.0 Å². The summed E-state index contributed by atoms with van der Waals surface area (Å²) in [7, 11) is 5.84. The van der Waals surface area contributed by atoms with Gasteiger partial charge in [0, 0.05) is 44.5 Å². The molecular weight excluding hydrogens is 400 g/mol. The molecule has 5 rings (SSSR count). The zero-order chi connectivity index (χ0) is 22.1. The Kier molecular flexibility index (Phi) is 6.00. The summed E-state index contributed by atoms with van der Waals surface area (Å²) in [6, 6.07) is 11.3. The van der Waals surface area contributed by atoms with Crippen molar-refractivity contribution in [1.29, 1.82) is 0 Å². The van der Waals surface area contributed by atoms with Crippen molar-refractivity contribution in [2.24, 2.45) is 7.05 Å². The largest absolute Gasteiger partial charge is 0.380 e. The van der Waals surface area contributed by atoms with E-state index in [2.05, 4.69) is 58.0 Å². The second kappa shape index (κ2) is 9.06. The molecule has 168 valence electrons. The number of methoxy groups -OCH3 is 1. The summed E-state index contributed by atoms with van der Waals surface area (Å²) >= 11 is 0. The number of imidazole rings is 1. The Morgan fingerprint density at radius 2 is 2.09 bits per heavy atom. The van der Waals surface area contributed by atoms with E-state index in [9.17, 15) is 0 Å². The van der Waals surface area contributed by atoms with E-state index < -0.39 is 0 Å². The summed E-state index contributed by atoms with van der Waals surface area (Å²) in [5.41, 5.74) is 8.62. The van der Waals surface area contributed by atoms with Gasteiger partial charge >= 0.3 is 0 Å². The van der Waals surface area contributed by atoms with E-state index in [4.69, 9.17) is 14.5 Å². The average molecular weight is 433 g/mol. The highest BCUT2D eigenvalue weighted by atomic mass is 16.5. The first-order valence-electron chi connectivity index (χ1n) is 11.5. The topological polar surface area (TPSA) is 53.2 Å². The summed E-state index contributed by atoms with van der Waals surface area (Å²) in [6.07, 6.45) is 7.64. The highest BCUT2D eigenvalue weighted by Crippen LogP contribution is 2.32. The van der Waals surface area contributed by atoms with Crippen LogP contribution in [0.3, 0.4) is 0 Å². The standard InChI is InChI=1S/C26H32N4O2/c1-27-9-8-19-11-18(6-7-21(19)26-5-4-10-32-26)14-30-17-28-23-12-22-20(16-31-3)15-29(2)24(22)13-25(23)30/h6-7,11-13,15,17,26-27H,4-5,8-10,14,16H2,1-3H3/t26-/m0/s1. The molecule has 0 unspecified atom stereocenters. The lowest BCUT2D eigenvalue weighted by molar-refractivity contribution is 0.111. The number of benzene rings is 2. The van der Waals surface area contributed by atoms with Gasteiger partial charge in [0.2, 0.25) is 0 Å². The first-order chi connectivity index (χ1) is 15.7. The van der Waals surface area contributed by atoms with Gasteiger partial charge in [-0.05, 0) is 61.7 Å². The van der Waals surface area contributed by atoms with Crippen LogP contribution in [0.4, 0.5) is 0 Å². The molecule has 0 saturated carbocycles. The fraction of sp³-hybridized carbons (Fsp3) is 0.423. The zero-order valence-electron chi connectivity index (χ0n) is 19.2. The fourth-order valence-electron chi connectivity index (χ4n) is 4.98. The van der Waals surface area contributed by atoms with Gasteiger partial charge in [-0.2, -0.15) is 0 Å². The van der Waals surface area contributed by atoms with Crippen LogP contribution >= 0.6 is 0 Å². The van der Waals surface area contributed by atoms with Crippen LogP contribution < -0.4 is 5.32 Å². The molecule has 4 aromatic rings. The Hall–Kier alpha value is -2.67. The first-order valence-corrected chi connectivity index (χ1v) is 11.5. The third kappa shape index (κ3) is 3.94. The van der Waals surface area contributed by atoms with Crippen molar-refractivity contribution in [2.45, 2.75) is 38.5 Å². The molecule has 6 heteroatoms. The quantitative estimate of drug-likeness (QED) is 0.450. The summed E-state index contributed by atoms with van der Waals surface area (Å²) in [6.45, 7) is 3.25. The maximum Gasteiger partial charge on any atom is 0.0961 e. The molecule has 3 heterocycles. The molecule has 0 aliphatic carbocycles. The van der Waals surface area contributed by atoms with E-state index in [-0.39, 0.29) is 6.10 Å². The molecular formula is C26H32N4O2. The third-order valence-corrected chi connectivity index (χ3v) is 6.59. The predicted octanol–water partition coefficient (Wildman–Crippen LogP) is 4.34. The fourth-order valence-corrected chi connectivity index (χ4v) is 4.98. The van der Waals surface area contributed by atoms with E-state index in [1.165, 1.54) is 33.2 Å². The van der Waals surface area contributed by atoms with Crippen molar-refractivity contribution in [3.8, 4) is 0 Å². The molecule has 0 radical (unpaired) electrons. The number of nitrogens with one attached hydrogen (secondary N) is 1. The van der Waals surface area contributed by atoms with Crippen LogP contribution in [0.1, 0.15) is 41.2 Å². The highest BCUT2D eigenvalue weighted by Gasteiger charge is 2.21. The summed E-state index contributed by atoms with van der Waals surface area (Å²) in [4.78, 5) is 4.71. The van der Waals surface area contributed by atoms with Gasteiger partial charge in [0.15, 0.2) is 0 Å². The second-order valence-corrected chi connectivity index (χ2v) is 8.82. The number of aryl methyl sites for hydroxylation is 1. The molecule has 0 amide bonds. The zero-order valence-corrected chi connectivity index (χ0v) is 19.2. The van der Waals surface area contributed by atoms with Crippen LogP contribution in [0.25, 0.3) is 21.9 Å². The number of ether oxygens (including phenoxy) is 2. The Morgan fingerprint density at radius 3 is 2.88 bits per heavy atom. The molecule has 1 fully saturated rings. The summed E-state index contributed by atoms with van der Waals surface area (Å²) in [5, 5.41) is 4.50. The maximum absolute atomic E-state index is 5.99. The number of likely N-dealkylation sites (N-methyl/N-ethyl adjacent to an activating group) is 1. The Morgan fingerprint density at radius 1 is 1.19 bits per heavy atom. The van der Waals surface area contributed by atoms with Gasteiger partial charge in [-0.3, -0.25) is 0 Å². The molecule has 1 atom stereocenters. The van der Waals surface area contributed by atoms with Gasteiger partial charge < -0.3 is 23.9 Å². The SMILES string of the molecule is CNCCc1cc(Cn2cnc3cc4c(COC)cn(C)c4cc32)ccc1[C@@H]1CCCO1. The van der Waals surface area contributed by atoms with Crippen LogP contribution in [-0.2, 0) is 36.1 Å². The number of hydrogen-bond donors (Lipinski definition) is 1. The van der Waals surface area contributed by atoms with Crippen LogP contribution in [0.5, 0.6) is 0 Å². The lowest BCUT2D eigenvalue weighted by atomic mass is 9.96.